The van der Waals surface area contributed by atoms with Crippen LogP contribution in [0.2, 0.25) is 0 Å². The van der Waals surface area contributed by atoms with Gasteiger partial charge in [0.15, 0.2) is 0 Å². The van der Waals surface area contributed by atoms with Crippen LogP contribution in [0, 0.1) is 0 Å². The fourth-order valence-electron chi connectivity index (χ4n) is 3.77. The van der Waals surface area contributed by atoms with Gasteiger partial charge in [0, 0.05) is 13.1 Å². The van der Waals surface area contributed by atoms with Crippen LogP contribution in [0.15, 0.2) is 41.3 Å². The first-order valence-corrected chi connectivity index (χ1v) is 11.4. The second kappa shape index (κ2) is 8.97. The summed E-state index contributed by atoms with van der Waals surface area (Å²) < 4.78 is 32.3. The van der Waals surface area contributed by atoms with Crippen molar-refractivity contribution in [2.75, 3.05) is 25.5 Å². The summed E-state index contributed by atoms with van der Waals surface area (Å²) in [5, 5.41) is 2.82. The first kappa shape index (κ1) is 21.3. The maximum atomic E-state index is 12.8. The minimum atomic E-state index is -3.62. The van der Waals surface area contributed by atoms with Crippen molar-refractivity contribution in [1.82, 2.24) is 4.31 Å². The number of sulfonamides is 1. The molecule has 3 rings (SSSR count). The molecule has 1 N–H and O–H groups in total. The van der Waals surface area contributed by atoms with Gasteiger partial charge in [0.2, 0.25) is 15.9 Å². The number of rotatable bonds is 8. The van der Waals surface area contributed by atoms with Crippen LogP contribution in [0.5, 0.6) is 5.75 Å². The number of nitrogens with zero attached hydrogens (tertiary/aromatic N) is 1. The van der Waals surface area contributed by atoms with Gasteiger partial charge in [-0.2, -0.15) is 4.31 Å². The quantitative estimate of drug-likeness (QED) is 0.716. The zero-order valence-electron chi connectivity index (χ0n) is 17.2. The van der Waals surface area contributed by atoms with E-state index in [4.69, 9.17) is 4.74 Å². The lowest BCUT2D eigenvalue weighted by atomic mass is 10.0. The number of hydrogen-bond donors (Lipinski definition) is 1. The molecule has 1 aliphatic rings. The van der Waals surface area contributed by atoms with Crippen LogP contribution in [0.3, 0.4) is 0 Å². The maximum absolute atomic E-state index is 12.8. The Morgan fingerprint density at radius 2 is 1.79 bits per heavy atom. The number of fused-ring (bicyclic) bond motifs is 1. The Kier molecular flexibility index (Phi) is 6.59. The molecule has 7 heteroatoms. The molecule has 1 aliphatic carbocycles. The van der Waals surface area contributed by atoms with Crippen molar-refractivity contribution in [2.24, 2.45) is 0 Å². The van der Waals surface area contributed by atoms with Crippen LogP contribution in [0.4, 0.5) is 5.69 Å². The van der Waals surface area contributed by atoms with Crippen LogP contribution >= 0.6 is 0 Å². The number of benzene rings is 2. The van der Waals surface area contributed by atoms with Gasteiger partial charge >= 0.3 is 0 Å². The summed E-state index contributed by atoms with van der Waals surface area (Å²) in [5.74, 6) is 0.212. The highest BCUT2D eigenvalue weighted by Gasteiger charge is 2.23. The molecule has 1 amide bonds. The second-order valence-electron chi connectivity index (χ2n) is 7.13. The van der Waals surface area contributed by atoms with Crippen LogP contribution < -0.4 is 10.1 Å². The van der Waals surface area contributed by atoms with Gasteiger partial charge < -0.3 is 10.1 Å². The predicted molar refractivity (Wildman–Crippen MR) is 114 cm³/mol. The molecular formula is C22H28N2O4S. The Morgan fingerprint density at radius 1 is 1.07 bits per heavy atom. The molecule has 0 fully saturated rings. The van der Waals surface area contributed by atoms with Gasteiger partial charge in [0.25, 0.3) is 0 Å². The topological polar surface area (TPSA) is 75.7 Å². The molecule has 156 valence electrons. The molecule has 0 unspecified atom stereocenters. The number of aryl methyl sites for hydroxylation is 2. The fourth-order valence-corrected chi connectivity index (χ4v) is 5.26. The third-order valence-corrected chi connectivity index (χ3v) is 7.36. The van der Waals surface area contributed by atoms with Crippen molar-refractivity contribution < 1.29 is 17.9 Å². The first-order chi connectivity index (χ1) is 13.9. The van der Waals surface area contributed by atoms with E-state index in [-0.39, 0.29) is 17.2 Å². The second-order valence-corrected chi connectivity index (χ2v) is 9.07. The number of nitrogens with one attached hydrogen (secondary N) is 1. The zero-order chi connectivity index (χ0) is 21.0. The molecular weight excluding hydrogens is 388 g/mol. The van der Waals surface area contributed by atoms with Gasteiger partial charge in [0.05, 0.1) is 24.1 Å². The van der Waals surface area contributed by atoms with Crippen molar-refractivity contribution in [3.63, 3.8) is 0 Å². The van der Waals surface area contributed by atoms with E-state index in [1.807, 2.05) is 6.07 Å². The van der Waals surface area contributed by atoms with Crippen LogP contribution in [-0.4, -0.2) is 38.8 Å². The van der Waals surface area contributed by atoms with Gasteiger partial charge in [-0.1, -0.05) is 32.0 Å². The third kappa shape index (κ3) is 4.62. The molecule has 0 saturated heterocycles. The molecule has 6 nitrogen and oxygen atoms in total. The summed E-state index contributed by atoms with van der Waals surface area (Å²) in [6.45, 7) is 4.35. The van der Waals surface area contributed by atoms with E-state index in [0.29, 0.717) is 24.5 Å². The summed E-state index contributed by atoms with van der Waals surface area (Å²) in [6.07, 6.45) is 3.55. The standard InChI is InChI=1S/C22H28N2O4S/c1-4-24(5-2)29(26,27)19-11-12-21(28-3)20(15-19)23-22(25)14-16-9-10-17-7-6-8-18(17)13-16/h9-13,15H,4-8,14H2,1-3H3,(H,23,25). The van der Waals surface area contributed by atoms with Gasteiger partial charge in [-0.05, 0) is 54.2 Å². The maximum Gasteiger partial charge on any atom is 0.243 e. The molecule has 29 heavy (non-hydrogen) atoms. The van der Waals surface area contributed by atoms with Crippen LogP contribution in [0.1, 0.15) is 37.0 Å². The number of carbonyl (C=O) groups excluding carboxylic acids is 1. The smallest absolute Gasteiger partial charge is 0.243 e. The predicted octanol–water partition coefficient (Wildman–Crippen LogP) is 3.40. The third-order valence-electron chi connectivity index (χ3n) is 5.32. The molecule has 0 atom stereocenters. The highest BCUT2D eigenvalue weighted by Crippen LogP contribution is 2.29. The molecule has 0 heterocycles. The summed E-state index contributed by atoms with van der Waals surface area (Å²) in [7, 11) is -2.13. The minimum absolute atomic E-state index is 0.134. The molecule has 0 radical (unpaired) electrons. The highest BCUT2D eigenvalue weighted by atomic mass is 32.2. The molecule has 2 aromatic carbocycles. The molecule has 0 aromatic heterocycles. The van der Waals surface area contributed by atoms with E-state index >= 15 is 0 Å². The van der Waals surface area contributed by atoms with Gasteiger partial charge in [0.1, 0.15) is 5.75 Å². The molecule has 0 saturated carbocycles. The van der Waals surface area contributed by atoms with Gasteiger partial charge in [-0.15, -0.1) is 0 Å². The Bertz CT molecular complexity index is 998. The lowest BCUT2D eigenvalue weighted by Gasteiger charge is -2.19. The summed E-state index contributed by atoms with van der Waals surface area (Å²) >= 11 is 0. The number of carbonyl (C=O) groups is 1. The van der Waals surface area contributed by atoms with Crippen molar-refractivity contribution in [2.45, 2.75) is 44.4 Å². The SMILES string of the molecule is CCN(CC)S(=O)(=O)c1ccc(OC)c(NC(=O)Cc2ccc3c(c2)CCC3)c1. The average Bonchev–Trinajstić information content (AvgIpc) is 3.16. The molecule has 0 spiro atoms. The van der Waals surface area contributed by atoms with Crippen LogP contribution in [0.25, 0.3) is 0 Å². The lowest BCUT2D eigenvalue weighted by Crippen LogP contribution is -2.30. The summed E-state index contributed by atoms with van der Waals surface area (Å²) in [4.78, 5) is 12.8. The lowest BCUT2D eigenvalue weighted by molar-refractivity contribution is -0.115. The van der Waals surface area contributed by atoms with E-state index in [1.54, 1.807) is 19.9 Å². The Balaban J connectivity index is 1.81. The Labute approximate surface area is 172 Å². The van der Waals surface area contributed by atoms with Gasteiger partial charge in [-0.25, -0.2) is 8.42 Å². The first-order valence-electron chi connectivity index (χ1n) is 9.97. The van der Waals surface area contributed by atoms with E-state index in [2.05, 4.69) is 17.4 Å². The van der Waals surface area contributed by atoms with E-state index in [1.165, 1.54) is 34.7 Å². The fraction of sp³-hybridized carbons (Fsp3) is 0.409. The number of methoxy groups -OCH3 is 1. The number of hydrogen-bond acceptors (Lipinski definition) is 4. The monoisotopic (exact) mass is 416 g/mol. The number of amides is 1. The highest BCUT2D eigenvalue weighted by molar-refractivity contribution is 7.89. The van der Waals surface area contributed by atoms with Crippen LogP contribution in [-0.2, 0) is 34.1 Å². The van der Waals surface area contributed by atoms with Crippen molar-refractivity contribution >= 4 is 21.6 Å². The zero-order valence-corrected chi connectivity index (χ0v) is 18.0. The summed E-state index contributed by atoms with van der Waals surface area (Å²) in [6, 6.07) is 10.7. The molecule has 2 aromatic rings. The molecule has 0 aliphatic heterocycles. The van der Waals surface area contributed by atoms with Gasteiger partial charge in [-0.3, -0.25) is 4.79 Å². The van der Waals surface area contributed by atoms with E-state index in [9.17, 15) is 13.2 Å². The normalized spacial score (nSPS) is 13.4. The Hall–Kier alpha value is -2.38. The summed E-state index contributed by atoms with van der Waals surface area (Å²) in [5.41, 5.74) is 3.99. The number of ether oxygens (including phenoxy) is 1. The van der Waals surface area contributed by atoms with Crippen molar-refractivity contribution in [3.8, 4) is 5.75 Å². The minimum Gasteiger partial charge on any atom is -0.495 e. The largest absolute Gasteiger partial charge is 0.495 e. The van der Waals surface area contributed by atoms with E-state index < -0.39 is 10.0 Å². The van der Waals surface area contributed by atoms with Crippen molar-refractivity contribution in [3.05, 3.63) is 53.1 Å². The van der Waals surface area contributed by atoms with Crippen molar-refractivity contribution in [1.29, 1.82) is 0 Å². The Morgan fingerprint density at radius 3 is 2.48 bits per heavy atom. The van der Waals surface area contributed by atoms with E-state index in [0.717, 1.165) is 24.8 Å². The average molecular weight is 417 g/mol. The number of anilines is 1. The molecule has 0 bridgehead atoms.